The summed E-state index contributed by atoms with van der Waals surface area (Å²) in [5.41, 5.74) is 0.851. The molecule has 0 fully saturated rings. The molecular weight excluding hydrogens is 446 g/mol. The summed E-state index contributed by atoms with van der Waals surface area (Å²) in [6, 6.07) is 14.3. The van der Waals surface area contributed by atoms with Crippen LogP contribution in [-0.2, 0) is 16.3 Å². The Morgan fingerprint density at radius 3 is 2.39 bits per heavy atom. The zero-order chi connectivity index (χ0) is 24.0. The van der Waals surface area contributed by atoms with E-state index >= 15 is 0 Å². The summed E-state index contributed by atoms with van der Waals surface area (Å²) in [5, 5.41) is 11.2. The fourth-order valence-electron chi connectivity index (χ4n) is 2.86. The number of carboxylic acid groups (broad SMARTS) is 1. The number of carbonyl (C=O) groups excluding carboxylic acids is 1. The highest BCUT2D eigenvalue weighted by molar-refractivity contribution is 7.91. The van der Waals surface area contributed by atoms with Gasteiger partial charge in [0.15, 0.2) is 14.9 Å². The molecule has 2 N–H and O–H groups in total. The van der Waals surface area contributed by atoms with Crippen LogP contribution in [0.25, 0.3) is 0 Å². The third-order valence-corrected chi connectivity index (χ3v) is 6.06. The van der Waals surface area contributed by atoms with Gasteiger partial charge in [0.05, 0.1) is 17.4 Å². The van der Waals surface area contributed by atoms with Gasteiger partial charge in [-0.1, -0.05) is 30.3 Å². The lowest BCUT2D eigenvalue weighted by atomic mass is 10.2. The molecule has 1 aromatic carbocycles. The molecule has 33 heavy (non-hydrogen) atoms. The summed E-state index contributed by atoms with van der Waals surface area (Å²) in [5.74, 6) is -1.85. The topological polar surface area (TPSA) is 136 Å². The van der Waals surface area contributed by atoms with Gasteiger partial charge in [-0.2, -0.15) is 0 Å². The van der Waals surface area contributed by atoms with E-state index < -0.39 is 21.7 Å². The second kappa shape index (κ2) is 10.2. The molecule has 0 unspecified atom stereocenters. The van der Waals surface area contributed by atoms with Crippen LogP contribution in [0.5, 0.6) is 5.88 Å². The number of nitrogens with zero attached hydrogens (tertiary/aromatic N) is 2. The molecule has 1 amide bonds. The van der Waals surface area contributed by atoms with Gasteiger partial charge in [-0.05, 0) is 44.0 Å². The van der Waals surface area contributed by atoms with E-state index in [1.165, 1.54) is 24.3 Å². The molecule has 0 bridgehead atoms. The number of pyridine rings is 2. The van der Waals surface area contributed by atoms with Crippen molar-refractivity contribution in [1.82, 2.24) is 9.97 Å². The Morgan fingerprint density at radius 1 is 1.06 bits per heavy atom. The van der Waals surface area contributed by atoms with E-state index in [0.717, 1.165) is 11.8 Å². The summed E-state index contributed by atoms with van der Waals surface area (Å²) in [6.07, 6.45) is 1.11. The molecule has 0 radical (unpaired) electrons. The maximum Gasteiger partial charge on any atom is 0.337 e. The number of ether oxygens (including phenoxy) is 1. The van der Waals surface area contributed by atoms with Gasteiger partial charge in [-0.3, -0.25) is 4.79 Å². The molecule has 0 spiro atoms. The molecule has 3 rings (SSSR count). The van der Waals surface area contributed by atoms with E-state index in [2.05, 4.69) is 15.3 Å². The number of carbonyl (C=O) groups is 2. The quantitative estimate of drug-likeness (QED) is 0.488. The highest BCUT2D eigenvalue weighted by Crippen LogP contribution is 2.20. The summed E-state index contributed by atoms with van der Waals surface area (Å²) in [6.45, 7) is 3.51. The predicted molar refractivity (Wildman–Crippen MR) is 121 cm³/mol. The van der Waals surface area contributed by atoms with E-state index in [-0.39, 0.29) is 39.7 Å². The minimum Gasteiger partial charge on any atom is -0.478 e. The van der Waals surface area contributed by atoms with Crippen LogP contribution in [0.2, 0.25) is 0 Å². The minimum atomic E-state index is -3.81. The molecule has 10 heteroatoms. The van der Waals surface area contributed by atoms with Crippen molar-refractivity contribution in [2.75, 3.05) is 11.1 Å². The van der Waals surface area contributed by atoms with Crippen LogP contribution in [0.15, 0.2) is 65.8 Å². The second-order valence-electron chi connectivity index (χ2n) is 7.44. The molecule has 2 aromatic heterocycles. The number of aromatic carboxylic acids is 1. The third-order valence-electron chi connectivity index (χ3n) is 4.47. The van der Waals surface area contributed by atoms with Crippen molar-refractivity contribution < 1.29 is 27.9 Å². The first-order valence-electron chi connectivity index (χ1n) is 10.1. The standard InChI is InChI=1S/C23H23N3O6S/c1-15(2)32-20-12-18(22(27)25-19-9-8-17(14-24-19)23(28)29)13-21(26-20)33(30,31)11-10-16-6-4-3-5-7-16/h3-9,12-15H,10-11H2,1-2H3,(H,28,29)(H,24,25,27). The smallest absolute Gasteiger partial charge is 0.337 e. The van der Waals surface area contributed by atoms with Crippen molar-refractivity contribution in [1.29, 1.82) is 0 Å². The molecule has 9 nitrogen and oxygen atoms in total. The predicted octanol–water partition coefficient (Wildman–Crippen LogP) is 3.23. The van der Waals surface area contributed by atoms with Crippen molar-refractivity contribution in [2.24, 2.45) is 0 Å². The van der Waals surface area contributed by atoms with Gasteiger partial charge >= 0.3 is 5.97 Å². The molecule has 2 heterocycles. The van der Waals surface area contributed by atoms with E-state index in [9.17, 15) is 18.0 Å². The minimum absolute atomic E-state index is 0.00474. The van der Waals surface area contributed by atoms with Gasteiger partial charge in [0.25, 0.3) is 5.91 Å². The third kappa shape index (κ3) is 6.59. The van der Waals surface area contributed by atoms with Crippen LogP contribution in [0.3, 0.4) is 0 Å². The lowest BCUT2D eigenvalue weighted by molar-refractivity contribution is 0.0696. The number of sulfone groups is 1. The Kier molecular flexibility index (Phi) is 7.39. The average Bonchev–Trinajstić information content (AvgIpc) is 2.78. The average molecular weight is 470 g/mol. The Balaban J connectivity index is 1.87. The van der Waals surface area contributed by atoms with Crippen LogP contribution in [0.4, 0.5) is 5.82 Å². The highest BCUT2D eigenvalue weighted by Gasteiger charge is 2.21. The van der Waals surface area contributed by atoms with E-state index in [1.807, 2.05) is 30.3 Å². The van der Waals surface area contributed by atoms with Crippen LogP contribution in [0, 0.1) is 0 Å². The molecule has 0 aliphatic carbocycles. The number of carboxylic acids is 1. The first-order chi connectivity index (χ1) is 15.6. The largest absolute Gasteiger partial charge is 0.478 e. The number of hydrogen-bond donors (Lipinski definition) is 2. The number of hydrogen-bond acceptors (Lipinski definition) is 7. The Bertz CT molecular complexity index is 1240. The number of amides is 1. The van der Waals surface area contributed by atoms with Crippen LogP contribution in [-0.4, -0.2) is 47.2 Å². The number of nitrogens with one attached hydrogen (secondary N) is 1. The first kappa shape index (κ1) is 23.9. The summed E-state index contributed by atoms with van der Waals surface area (Å²) in [7, 11) is -3.81. The van der Waals surface area contributed by atoms with E-state index in [1.54, 1.807) is 13.8 Å². The molecule has 0 atom stereocenters. The van der Waals surface area contributed by atoms with E-state index in [0.29, 0.717) is 6.42 Å². The summed E-state index contributed by atoms with van der Waals surface area (Å²) >= 11 is 0. The SMILES string of the molecule is CC(C)Oc1cc(C(=O)Nc2ccc(C(=O)O)cn2)cc(S(=O)(=O)CCc2ccccc2)n1. The molecule has 3 aromatic rings. The second-order valence-corrected chi connectivity index (χ2v) is 9.50. The zero-order valence-electron chi connectivity index (χ0n) is 18.1. The lowest BCUT2D eigenvalue weighted by Gasteiger charge is -2.13. The first-order valence-corrected chi connectivity index (χ1v) is 11.8. The Hall–Kier alpha value is -3.79. The van der Waals surface area contributed by atoms with Crippen molar-refractivity contribution in [3.63, 3.8) is 0 Å². The maximum absolute atomic E-state index is 13.0. The van der Waals surface area contributed by atoms with Crippen LogP contribution in [0.1, 0.15) is 40.1 Å². The lowest BCUT2D eigenvalue weighted by Crippen LogP contribution is -2.18. The molecule has 0 aliphatic heterocycles. The van der Waals surface area contributed by atoms with Crippen LogP contribution < -0.4 is 10.1 Å². The monoisotopic (exact) mass is 469 g/mol. The van der Waals surface area contributed by atoms with Crippen LogP contribution >= 0.6 is 0 Å². The molecule has 0 aliphatic rings. The van der Waals surface area contributed by atoms with Gasteiger partial charge in [-0.15, -0.1) is 0 Å². The molecule has 0 saturated heterocycles. The number of benzene rings is 1. The maximum atomic E-state index is 13.0. The number of rotatable bonds is 9. The Labute approximate surface area is 191 Å². The fourth-order valence-corrected chi connectivity index (χ4v) is 4.11. The van der Waals surface area contributed by atoms with Gasteiger partial charge in [0.1, 0.15) is 5.82 Å². The Morgan fingerprint density at radius 2 is 1.79 bits per heavy atom. The molecule has 0 saturated carbocycles. The van der Waals surface area contributed by atoms with Gasteiger partial charge < -0.3 is 15.2 Å². The number of aryl methyl sites for hydroxylation is 1. The van der Waals surface area contributed by atoms with Gasteiger partial charge in [-0.25, -0.2) is 23.2 Å². The summed E-state index contributed by atoms with van der Waals surface area (Å²) < 4.78 is 31.5. The van der Waals surface area contributed by atoms with E-state index in [4.69, 9.17) is 9.84 Å². The van der Waals surface area contributed by atoms with Crippen molar-refractivity contribution in [2.45, 2.75) is 31.4 Å². The zero-order valence-corrected chi connectivity index (χ0v) is 18.9. The highest BCUT2D eigenvalue weighted by atomic mass is 32.2. The number of anilines is 1. The van der Waals surface area contributed by atoms with Gasteiger partial charge in [0.2, 0.25) is 5.88 Å². The van der Waals surface area contributed by atoms with Crippen molar-refractivity contribution >= 4 is 27.5 Å². The van der Waals surface area contributed by atoms with Crippen molar-refractivity contribution in [3.05, 3.63) is 77.5 Å². The molecular formula is C23H23N3O6S. The van der Waals surface area contributed by atoms with Crippen molar-refractivity contribution in [3.8, 4) is 5.88 Å². The number of aromatic nitrogens is 2. The van der Waals surface area contributed by atoms with Gasteiger partial charge in [0, 0.05) is 17.8 Å². The summed E-state index contributed by atoms with van der Waals surface area (Å²) in [4.78, 5) is 31.7. The fraction of sp³-hybridized carbons (Fsp3) is 0.217. The normalized spacial score (nSPS) is 11.2. The molecule has 172 valence electrons.